The number of hydrogen-bond donors (Lipinski definition) is 2. The Balaban J connectivity index is 0.000000202. The first-order chi connectivity index (χ1) is 16.5. The van der Waals surface area contributed by atoms with E-state index in [4.69, 9.17) is 4.74 Å². The molecule has 2 aromatic carbocycles. The van der Waals surface area contributed by atoms with Crippen LogP contribution in [0, 0.1) is 5.92 Å². The summed E-state index contributed by atoms with van der Waals surface area (Å²) in [5.74, 6) is 0.210. The monoisotopic (exact) mass is 468 g/mol. The molecule has 0 spiro atoms. The predicted molar refractivity (Wildman–Crippen MR) is 137 cm³/mol. The lowest BCUT2D eigenvalue weighted by molar-refractivity contribution is -0.137. The van der Waals surface area contributed by atoms with Gasteiger partial charge in [0.15, 0.2) is 0 Å². The molecule has 2 unspecified atom stereocenters. The molecule has 6 heteroatoms. The number of carbonyl (C=O) groups is 1. The number of aliphatic hydroxyl groups excluding tert-OH is 2. The van der Waals surface area contributed by atoms with Crippen molar-refractivity contribution < 1.29 is 19.7 Å². The van der Waals surface area contributed by atoms with Gasteiger partial charge < -0.3 is 24.7 Å². The summed E-state index contributed by atoms with van der Waals surface area (Å²) in [5, 5.41) is 18.8. The van der Waals surface area contributed by atoms with Gasteiger partial charge in [0, 0.05) is 30.5 Å². The van der Waals surface area contributed by atoms with Crippen LogP contribution in [0.1, 0.15) is 52.4 Å². The number of esters is 1. The van der Waals surface area contributed by atoms with Gasteiger partial charge in [0.05, 0.1) is 31.2 Å². The maximum atomic E-state index is 11.6. The van der Waals surface area contributed by atoms with Crippen LogP contribution >= 0.6 is 0 Å². The highest BCUT2D eigenvalue weighted by atomic mass is 16.5. The molecule has 2 aromatic rings. The number of hydrogen-bond acceptors (Lipinski definition) is 6. The van der Waals surface area contributed by atoms with Crippen molar-refractivity contribution in [1.29, 1.82) is 0 Å². The molecule has 4 rings (SSSR count). The van der Waals surface area contributed by atoms with Crippen LogP contribution in [0.3, 0.4) is 0 Å². The van der Waals surface area contributed by atoms with Crippen LogP contribution in [0.25, 0.3) is 0 Å². The Bertz CT molecular complexity index is 874. The molecule has 0 saturated carbocycles. The largest absolute Gasteiger partial charge is 0.426 e. The van der Waals surface area contributed by atoms with Crippen LogP contribution in [0.2, 0.25) is 0 Å². The van der Waals surface area contributed by atoms with Gasteiger partial charge in [-0.1, -0.05) is 38.1 Å². The van der Waals surface area contributed by atoms with Crippen LogP contribution < -0.4 is 14.5 Å². The maximum absolute atomic E-state index is 11.6. The zero-order chi connectivity index (χ0) is 24.3. The van der Waals surface area contributed by atoms with Crippen LogP contribution in [0.4, 0.5) is 11.4 Å². The summed E-state index contributed by atoms with van der Waals surface area (Å²) in [7, 11) is 0. The van der Waals surface area contributed by atoms with Gasteiger partial charge in [-0.2, -0.15) is 0 Å². The topological polar surface area (TPSA) is 73.2 Å². The molecule has 6 nitrogen and oxygen atoms in total. The van der Waals surface area contributed by atoms with Crippen molar-refractivity contribution >= 4 is 17.3 Å². The summed E-state index contributed by atoms with van der Waals surface area (Å²) >= 11 is 0. The van der Waals surface area contributed by atoms with Crippen molar-refractivity contribution in [3.05, 3.63) is 54.6 Å². The van der Waals surface area contributed by atoms with E-state index in [0.29, 0.717) is 11.8 Å². The van der Waals surface area contributed by atoms with Gasteiger partial charge in [-0.3, -0.25) is 4.79 Å². The minimum Gasteiger partial charge on any atom is -0.426 e. The zero-order valence-corrected chi connectivity index (χ0v) is 20.6. The summed E-state index contributed by atoms with van der Waals surface area (Å²) in [6.45, 7) is 6.09. The standard InChI is InChI=1S/C16H23NO3.C12H17NO/c1-12(2)16(19)20-15-8-5-7-13(10-15)17-9-4-3-6-14(17)11-18;14-10-12-8-4-5-9-13(12)11-6-2-1-3-7-11/h5,7-8,10,12,14,18H,3-4,6,9,11H2,1-2H3;1-3,6-7,12,14H,4-5,8-10H2. The smallest absolute Gasteiger partial charge is 0.313 e. The SMILES string of the molecule is CC(C)C(=O)Oc1cccc(N2CCCCC2CO)c1.OCC1CCCCN1c1ccccc1. The van der Waals surface area contributed by atoms with E-state index in [2.05, 4.69) is 34.1 Å². The molecule has 2 atom stereocenters. The summed E-state index contributed by atoms with van der Waals surface area (Å²) in [4.78, 5) is 16.2. The van der Waals surface area contributed by atoms with Crippen molar-refractivity contribution in [2.75, 3.05) is 36.1 Å². The summed E-state index contributed by atoms with van der Waals surface area (Å²) in [5.41, 5.74) is 2.25. The quantitative estimate of drug-likeness (QED) is 0.475. The first-order valence-corrected chi connectivity index (χ1v) is 12.6. The zero-order valence-electron chi connectivity index (χ0n) is 20.6. The van der Waals surface area contributed by atoms with Crippen LogP contribution in [-0.2, 0) is 4.79 Å². The number of aliphatic hydroxyl groups is 2. The Hall–Kier alpha value is -2.57. The molecule has 0 aromatic heterocycles. The maximum Gasteiger partial charge on any atom is 0.313 e. The van der Waals surface area contributed by atoms with Crippen molar-refractivity contribution in [2.24, 2.45) is 5.92 Å². The molecule has 2 N–H and O–H groups in total. The van der Waals surface area contributed by atoms with Crippen LogP contribution in [0.15, 0.2) is 54.6 Å². The van der Waals surface area contributed by atoms with Crippen LogP contribution in [-0.4, -0.2) is 54.6 Å². The number of nitrogens with zero attached hydrogens (tertiary/aromatic N) is 2. The minimum atomic E-state index is -0.223. The van der Waals surface area contributed by atoms with E-state index >= 15 is 0 Å². The number of carbonyl (C=O) groups excluding carboxylic acids is 1. The predicted octanol–water partition coefficient (Wildman–Crippen LogP) is 4.64. The third-order valence-electron chi connectivity index (χ3n) is 6.60. The number of para-hydroxylation sites is 1. The number of benzene rings is 2. The second kappa shape index (κ2) is 13.4. The fourth-order valence-electron chi connectivity index (χ4n) is 4.64. The number of anilines is 2. The molecule has 0 amide bonds. The van der Waals surface area contributed by atoms with E-state index in [1.54, 1.807) is 6.07 Å². The van der Waals surface area contributed by atoms with E-state index in [0.717, 1.165) is 44.5 Å². The van der Waals surface area contributed by atoms with Crippen molar-refractivity contribution in [2.45, 2.75) is 64.5 Å². The van der Waals surface area contributed by atoms with Gasteiger partial charge in [-0.15, -0.1) is 0 Å². The molecule has 0 bridgehead atoms. The average Bonchev–Trinajstić information content (AvgIpc) is 2.89. The van der Waals surface area contributed by atoms with Crippen molar-refractivity contribution in [3.63, 3.8) is 0 Å². The molecular formula is C28H40N2O4. The Morgan fingerprint density at radius 1 is 0.853 bits per heavy atom. The summed E-state index contributed by atoms with van der Waals surface area (Å²) in [6, 6.07) is 18.4. The normalized spacial score (nSPS) is 20.5. The summed E-state index contributed by atoms with van der Waals surface area (Å²) in [6.07, 6.45) is 6.90. The minimum absolute atomic E-state index is 0.140. The lowest BCUT2D eigenvalue weighted by Crippen LogP contribution is -2.41. The third kappa shape index (κ3) is 7.21. The molecule has 0 aliphatic carbocycles. The summed E-state index contributed by atoms with van der Waals surface area (Å²) < 4.78 is 5.35. The number of ether oxygens (including phenoxy) is 1. The first-order valence-electron chi connectivity index (χ1n) is 12.6. The van der Waals surface area contributed by atoms with Crippen molar-refractivity contribution in [3.8, 4) is 5.75 Å². The molecule has 2 saturated heterocycles. The van der Waals surface area contributed by atoms with Gasteiger partial charge in [0.25, 0.3) is 0 Å². The molecule has 34 heavy (non-hydrogen) atoms. The highest BCUT2D eigenvalue weighted by Gasteiger charge is 2.23. The molecule has 2 aliphatic rings. The Morgan fingerprint density at radius 3 is 1.97 bits per heavy atom. The van der Waals surface area contributed by atoms with E-state index < -0.39 is 0 Å². The van der Waals surface area contributed by atoms with Gasteiger partial charge >= 0.3 is 5.97 Å². The molecule has 2 heterocycles. The Labute approximate surface area is 204 Å². The third-order valence-corrected chi connectivity index (χ3v) is 6.60. The Morgan fingerprint density at radius 2 is 1.41 bits per heavy atom. The van der Waals surface area contributed by atoms with Crippen LogP contribution in [0.5, 0.6) is 5.75 Å². The van der Waals surface area contributed by atoms with E-state index in [1.165, 1.54) is 18.5 Å². The van der Waals surface area contributed by atoms with E-state index in [-0.39, 0.29) is 31.1 Å². The molecular weight excluding hydrogens is 428 g/mol. The molecule has 2 fully saturated rings. The van der Waals surface area contributed by atoms with Gasteiger partial charge in [0.1, 0.15) is 5.75 Å². The van der Waals surface area contributed by atoms with Gasteiger partial charge in [0.2, 0.25) is 0 Å². The van der Waals surface area contributed by atoms with Gasteiger partial charge in [-0.05, 0) is 62.8 Å². The van der Waals surface area contributed by atoms with Gasteiger partial charge in [-0.25, -0.2) is 0 Å². The Kier molecular flexibility index (Phi) is 10.2. The second-order valence-electron chi connectivity index (χ2n) is 9.46. The lowest BCUT2D eigenvalue weighted by Gasteiger charge is -2.36. The first kappa shape index (κ1) is 26.0. The van der Waals surface area contributed by atoms with Crippen molar-refractivity contribution in [1.82, 2.24) is 0 Å². The lowest BCUT2D eigenvalue weighted by atomic mass is 10.0. The molecule has 186 valence electrons. The molecule has 0 radical (unpaired) electrons. The highest BCUT2D eigenvalue weighted by Crippen LogP contribution is 2.28. The fraction of sp³-hybridized carbons (Fsp3) is 0.536. The average molecular weight is 469 g/mol. The van der Waals surface area contributed by atoms with E-state index in [1.807, 2.05) is 38.1 Å². The number of rotatable bonds is 6. The van der Waals surface area contributed by atoms with E-state index in [9.17, 15) is 15.0 Å². The highest BCUT2D eigenvalue weighted by molar-refractivity contribution is 5.74. The number of piperidine rings is 2. The fourth-order valence-corrected chi connectivity index (χ4v) is 4.64. The second-order valence-corrected chi connectivity index (χ2v) is 9.46. The molecule has 2 aliphatic heterocycles.